The zero-order chi connectivity index (χ0) is 19.6. The monoisotopic (exact) mass is 432 g/mol. The van der Waals surface area contributed by atoms with Crippen LogP contribution < -0.4 is 10.1 Å². The number of anilines is 1. The Morgan fingerprint density at radius 1 is 1.22 bits per heavy atom. The van der Waals surface area contributed by atoms with Crippen LogP contribution in [0.3, 0.4) is 0 Å². The lowest BCUT2D eigenvalue weighted by Crippen LogP contribution is -2.16. The zero-order valence-electron chi connectivity index (χ0n) is 15.1. The molecule has 0 fully saturated rings. The average Bonchev–Trinajstić information content (AvgIpc) is 2.98. The van der Waals surface area contributed by atoms with Crippen LogP contribution in [-0.2, 0) is 6.61 Å². The van der Waals surface area contributed by atoms with Crippen molar-refractivity contribution < 1.29 is 18.4 Å². The third-order valence-corrected chi connectivity index (χ3v) is 4.64. The summed E-state index contributed by atoms with van der Waals surface area (Å²) in [5, 5.41) is 6.33. The van der Waals surface area contributed by atoms with Gasteiger partial charge in [-0.1, -0.05) is 39.3 Å². The molecule has 3 aromatic rings. The molecule has 1 heterocycles. The van der Waals surface area contributed by atoms with Gasteiger partial charge in [0.05, 0.1) is 11.3 Å². The van der Waals surface area contributed by atoms with E-state index in [4.69, 9.17) is 9.26 Å². The Kier molecular flexibility index (Phi) is 5.60. The second-order valence-electron chi connectivity index (χ2n) is 6.15. The third kappa shape index (κ3) is 4.19. The molecule has 0 aliphatic heterocycles. The molecule has 0 spiro atoms. The van der Waals surface area contributed by atoms with Gasteiger partial charge in [0.15, 0.2) is 5.69 Å². The molecule has 3 rings (SSSR count). The summed E-state index contributed by atoms with van der Waals surface area (Å²) in [6.07, 6.45) is 0. The Labute approximate surface area is 164 Å². The Morgan fingerprint density at radius 3 is 2.59 bits per heavy atom. The number of carbonyl (C=O) groups excluding carboxylic acids is 1. The summed E-state index contributed by atoms with van der Waals surface area (Å²) in [6, 6.07) is 10.2. The number of carbonyl (C=O) groups is 1. The maximum Gasteiger partial charge on any atom is 0.278 e. The topological polar surface area (TPSA) is 64.4 Å². The fraction of sp³-hybridized carbons (Fsp3) is 0.200. The van der Waals surface area contributed by atoms with Gasteiger partial charge in [-0.15, -0.1) is 0 Å². The van der Waals surface area contributed by atoms with Crippen molar-refractivity contribution in [2.24, 2.45) is 0 Å². The van der Waals surface area contributed by atoms with E-state index in [1.807, 2.05) is 32.0 Å². The maximum atomic E-state index is 14.0. The minimum absolute atomic E-state index is 0.0606. The molecule has 0 bridgehead atoms. The van der Waals surface area contributed by atoms with E-state index in [9.17, 15) is 9.18 Å². The molecule has 0 aliphatic carbocycles. The van der Waals surface area contributed by atoms with Crippen molar-refractivity contribution in [1.82, 2.24) is 5.16 Å². The van der Waals surface area contributed by atoms with E-state index >= 15 is 0 Å². The summed E-state index contributed by atoms with van der Waals surface area (Å²) < 4.78 is 25.6. The number of aromatic nitrogens is 1. The number of nitrogens with zero attached hydrogens (tertiary/aromatic N) is 1. The fourth-order valence-corrected chi connectivity index (χ4v) is 3.02. The van der Waals surface area contributed by atoms with Crippen LogP contribution in [0, 0.1) is 26.6 Å². The van der Waals surface area contributed by atoms with Crippen molar-refractivity contribution in [3.63, 3.8) is 0 Å². The van der Waals surface area contributed by atoms with Crippen molar-refractivity contribution in [3.05, 3.63) is 74.8 Å². The van der Waals surface area contributed by atoms with Crippen LogP contribution in [0.5, 0.6) is 5.75 Å². The Balaban J connectivity index is 1.80. The number of halogens is 2. The smallest absolute Gasteiger partial charge is 0.278 e. The van der Waals surface area contributed by atoms with E-state index in [-0.39, 0.29) is 18.0 Å². The normalized spacial score (nSPS) is 10.7. The number of benzene rings is 2. The lowest BCUT2D eigenvalue weighted by Gasteiger charge is -2.12. The van der Waals surface area contributed by atoms with Crippen LogP contribution in [0.25, 0.3) is 0 Å². The van der Waals surface area contributed by atoms with Gasteiger partial charge in [-0.25, -0.2) is 4.39 Å². The number of rotatable bonds is 5. The van der Waals surface area contributed by atoms with Crippen LogP contribution >= 0.6 is 15.9 Å². The zero-order valence-corrected chi connectivity index (χ0v) is 16.7. The van der Waals surface area contributed by atoms with E-state index in [1.165, 1.54) is 12.1 Å². The molecule has 0 saturated carbocycles. The molecule has 0 unspecified atom stereocenters. The van der Waals surface area contributed by atoms with Crippen LogP contribution in [0.2, 0.25) is 0 Å². The SMILES string of the molecule is Cc1cccc(C)c1OCc1c(C(=O)Nc2ccc(Br)cc2F)noc1C. The van der Waals surface area contributed by atoms with Crippen molar-refractivity contribution >= 4 is 27.5 Å². The van der Waals surface area contributed by atoms with E-state index in [2.05, 4.69) is 26.4 Å². The number of aryl methyl sites for hydroxylation is 3. The molecule has 5 nitrogen and oxygen atoms in total. The van der Waals surface area contributed by atoms with Crippen LogP contribution in [0.1, 0.15) is 32.9 Å². The van der Waals surface area contributed by atoms with Gasteiger partial charge in [-0.3, -0.25) is 4.79 Å². The number of nitrogens with one attached hydrogen (secondary N) is 1. The first kappa shape index (κ1) is 19.1. The summed E-state index contributed by atoms with van der Waals surface area (Å²) >= 11 is 3.18. The maximum absolute atomic E-state index is 14.0. The third-order valence-electron chi connectivity index (χ3n) is 4.15. The van der Waals surface area contributed by atoms with Crippen molar-refractivity contribution in [2.75, 3.05) is 5.32 Å². The molecule has 0 aliphatic rings. The highest BCUT2D eigenvalue weighted by Crippen LogP contribution is 2.26. The van der Waals surface area contributed by atoms with Crippen LogP contribution in [0.15, 0.2) is 45.4 Å². The molecule has 0 saturated heterocycles. The Hall–Kier alpha value is -2.67. The van der Waals surface area contributed by atoms with Gasteiger partial charge in [0.2, 0.25) is 0 Å². The summed E-state index contributed by atoms with van der Waals surface area (Å²) in [7, 11) is 0. The first-order chi connectivity index (χ1) is 12.9. The quantitative estimate of drug-likeness (QED) is 0.591. The van der Waals surface area contributed by atoms with Crippen molar-refractivity contribution in [1.29, 1.82) is 0 Å². The fourth-order valence-electron chi connectivity index (χ4n) is 2.68. The largest absolute Gasteiger partial charge is 0.488 e. The number of ether oxygens (including phenoxy) is 1. The van der Waals surface area contributed by atoms with Gasteiger partial charge in [0.1, 0.15) is 23.9 Å². The highest BCUT2D eigenvalue weighted by atomic mass is 79.9. The molecule has 2 aromatic carbocycles. The average molecular weight is 433 g/mol. The van der Waals surface area contributed by atoms with Crippen molar-refractivity contribution in [2.45, 2.75) is 27.4 Å². The molecule has 1 aromatic heterocycles. The first-order valence-corrected chi connectivity index (χ1v) is 9.06. The number of hydrogen-bond donors (Lipinski definition) is 1. The predicted octanol–water partition coefficient (Wildman–Crippen LogP) is 5.33. The van der Waals surface area contributed by atoms with E-state index in [1.54, 1.807) is 13.0 Å². The lowest BCUT2D eigenvalue weighted by molar-refractivity contribution is 0.101. The number of amides is 1. The molecular weight excluding hydrogens is 415 g/mol. The minimum atomic E-state index is -0.562. The molecule has 27 heavy (non-hydrogen) atoms. The summed E-state index contributed by atoms with van der Waals surface area (Å²) in [5.41, 5.74) is 2.64. The molecule has 1 amide bonds. The molecular formula is C20H18BrFN2O3. The first-order valence-electron chi connectivity index (χ1n) is 8.27. The molecule has 7 heteroatoms. The molecule has 1 N–H and O–H groups in total. The van der Waals surface area contributed by atoms with E-state index in [0.717, 1.165) is 16.9 Å². The molecule has 140 valence electrons. The highest BCUT2D eigenvalue weighted by molar-refractivity contribution is 9.10. The van der Waals surface area contributed by atoms with Gasteiger partial charge >= 0.3 is 0 Å². The van der Waals surface area contributed by atoms with E-state index < -0.39 is 11.7 Å². The Morgan fingerprint density at radius 2 is 1.93 bits per heavy atom. The summed E-state index contributed by atoms with van der Waals surface area (Å²) in [4.78, 5) is 12.6. The molecule has 0 radical (unpaired) electrons. The number of para-hydroxylation sites is 1. The summed E-state index contributed by atoms with van der Waals surface area (Å²) in [6.45, 7) is 5.72. The van der Waals surface area contributed by atoms with Gasteiger partial charge in [0, 0.05) is 4.47 Å². The van der Waals surface area contributed by atoms with Crippen LogP contribution in [0.4, 0.5) is 10.1 Å². The summed E-state index contributed by atoms with van der Waals surface area (Å²) in [5.74, 6) is 0.116. The van der Waals surface area contributed by atoms with Gasteiger partial charge in [0.25, 0.3) is 5.91 Å². The van der Waals surface area contributed by atoms with Gasteiger partial charge in [-0.05, 0) is 50.1 Å². The molecule has 0 atom stereocenters. The van der Waals surface area contributed by atoms with Crippen LogP contribution in [-0.4, -0.2) is 11.1 Å². The lowest BCUT2D eigenvalue weighted by atomic mass is 10.1. The highest BCUT2D eigenvalue weighted by Gasteiger charge is 2.22. The van der Waals surface area contributed by atoms with Crippen molar-refractivity contribution in [3.8, 4) is 5.75 Å². The Bertz CT molecular complexity index is 981. The predicted molar refractivity (Wildman–Crippen MR) is 104 cm³/mol. The second-order valence-corrected chi connectivity index (χ2v) is 7.07. The van der Waals surface area contributed by atoms with E-state index in [0.29, 0.717) is 15.8 Å². The second kappa shape index (κ2) is 7.92. The minimum Gasteiger partial charge on any atom is -0.488 e. The standard InChI is InChI=1S/C20H18BrFN2O3/c1-11-5-4-6-12(2)19(11)26-10-15-13(3)27-24-18(15)20(25)23-17-8-7-14(21)9-16(17)22/h4-9H,10H2,1-3H3,(H,23,25). The number of hydrogen-bond acceptors (Lipinski definition) is 4. The van der Waals surface area contributed by atoms with Gasteiger partial charge < -0.3 is 14.6 Å². The van der Waals surface area contributed by atoms with Gasteiger partial charge in [-0.2, -0.15) is 0 Å².